The molecule has 0 aromatic heterocycles. The Bertz CT molecular complexity index is 3740. The molecule has 582 valence electrons. The van der Waals surface area contributed by atoms with Crippen LogP contribution in [-0.4, -0.2) is 242 Å². The maximum atomic E-state index is 14.9. The number of alkyl carbamates (subject to hydrolysis) is 1. The van der Waals surface area contributed by atoms with Crippen LogP contribution in [0.2, 0.25) is 0 Å². The zero-order chi connectivity index (χ0) is 78.4. The normalized spacial score (nSPS) is 24.9. The SMILES string of the molecule is CC(=O)O[C@@]12CO[C@@H]1C[C@H](O)[C@@]1(C)C(=O)[C@H](O)C3=C(C)[C@@H](OC(=O)[C@H](O)[C@@H](NC(=O)OC(C)(C)C)c4ccccc4)C[C@@](O)(C(OC(=O)c4ccccc4)C12)C3(C)C.N[C@@H](CCC(=O)N[C@@H](CS(=O)(=O)CCOP(=O)(N(CCCl)CCCl)N(CCCl)CCCl)C(=O)N[C@@H](C(=O)O)c1ccccc1)C(=O)O. The molecule has 2 unspecified atom stereocenters. The Morgan fingerprint density at radius 1 is 0.790 bits per heavy atom. The molecule has 105 heavy (non-hydrogen) atoms. The number of sulfone groups is 1. The summed E-state index contributed by atoms with van der Waals surface area (Å²) in [5, 5.41) is 74.7. The number of nitrogens with one attached hydrogen (secondary N) is 3. The summed E-state index contributed by atoms with van der Waals surface area (Å²) in [5.74, 6) is -11.8. The van der Waals surface area contributed by atoms with Crippen LogP contribution in [0.15, 0.2) is 102 Å². The standard InChI is InChI=1S/C43H53NO14.C26H40Cl4N5O10PS/c1-22-26(55-37(51)32(48)30(24-15-11-9-12-16-24)44-38(52)58-39(3,4)5)20-43(53)35(56-36(50)25-17-13-10-14-18-25)33-41(8,34(49)31(47)29(22)40(43,6)7)27(46)19-28-42(33,21-54-28)57-23(2)45;27-8-12-34(13-9-28)46(42,35(14-10-29)15-11-30)45-16-17-47(43,44)18-21(32-22(36)7-6-20(31)25(38)39)24(37)33-23(26(40)41)19-4-2-1-3-5-19/h9-18,26-28,30-33,35,46-48,53H,19-21H2,1-8H3,(H,44,52);1-5,20-21,23H,6-18,31H2,(H,32,36)(H,33,37)(H,38,39)(H,40,41)/t26-,27-,28+,30-,31+,32+,33?,35?,41+,42-,43+;20-,21-,23+/m00/s1. The number of fused-ring (bicyclic) bond motifs is 5. The number of amides is 3. The van der Waals surface area contributed by atoms with Gasteiger partial charge in [0, 0.05) is 81.3 Å². The van der Waals surface area contributed by atoms with Gasteiger partial charge in [0.25, 0.3) is 0 Å². The van der Waals surface area contributed by atoms with E-state index in [-0.39, 0.29) is 91.4 Å². The lowest BCUT2D eigenvalue weighted by Crippen LogP contribution is -2.81. The number of carboxylic acid groups (broad SMARTS) is 2. The Morgan fingerprint density at radius 3 is 1.81 bits per heavy atom. The first-order chi connectivity index (χ1) is 49.1. The number of nitrogens with zero attached hydrogens (tertiary/aromatic N) is 2. The minimum absolute atomic E-state index is 0.0479. The van der Waals surface area contributed by atoms with E-state index in [1.807, 2.05) is 0 Å². The number of aliphatic carboxylic acids is 2. The third-order valence-corrected chi connectivity index (χ3v) is 24.1. The Labute approximate surface area is 628 Å². The Kier molecular flexibility index (Phi) is 31.0. The zero-order valence-electron chi connectivity index (χ0n) is 59.2. The Balaban J connectivity index is 0.000000338. The first kappa shape index (κ1) is 87.5. The fourth-order valence-electron chi connectivity index (χ4n) is 13.7. The van der Waals surface area contributed by atoms with Gasteiger partial charge in [-0.1, -0.05) is 92.7 Å². The summed E-state index contributed by atoms with van der Waals surface area (Å²) in [5.41, 5.74) is -2.52. The van der Waals surface area contributed by atoms with Crippen molar-refractivity contribution in [1.82, 2.24) is 25.3 Å². The largest absolute Gasteiger partial charge is 0.480 e. The molecule has 7 rings (SSSR count). The van der Waals surface area contributed by atoms with E-state index in [2.05, 4.69) is 16.0 Å². The third kappa shape index (κ3) is 20.7. The number of esters is 3. The first-order valence-electron chi connectivity index (χ1n) is 33.5. The zero-order valence-corrected chi connectivity index (χ0v) is 63.9. The summed E-state index contributed by atoms with van der Waals surface area (Å²) < 4.78 is 78.7. The van der Waals surface area contributed by atoms with Crippen molar-refractivity contribution in [3.63, 3.8) is 0 Å². The van der Waals surface area contributed by atoms with E-state index in [4.69, 9.17) is 85.5 Å². The van der Waals surface area contributed by atoms with Gasteiger partial charge >= 0.3 is 43.6 Å². The van der Waals surface area contributed by atoms with Gasteiger partial charge in [-0.25, -0.2) is 36.9 Å². The molecule has 30 nitrogen and oxygen atoms in total. The molecule has 0 spiro atoms. The number of rotatable bonds is 33. The molecule has 3 aliphatic carbocycles. The number of aliphatic hydroxyl groups is 4. The monoisotopic (exact) mass is 1590 g/mol. The van der Waals surface area contributed by atoms with Crippen molar-refractivity contribution in [2.45, 2.75) is 159 Å². The number of ether oxygens (including phenoxy) is 5. The summed E-state index contributed by atoms with van der Waals surface area (Å²) in [7, 11) is -8.26. The van der Waals surface area contributed by atoms with E-state index >= 15 is 0 Å². The highest BCUT2D eigenvalue weighted by Gasteiger charge is 2.78. The van der Waals surface area contributed by atoms with Crippen LogP contribution in [0.4, 0.5) is 4.79 Å². The van der Waals surface area contributed by atoms with Crippen LogP contribution < -0.4 is 21.7 Å². The van der Waals surface area contributed by atoms with Gasteiger partial charge in [0.1, 0.15) is 47.7 Å². The minimum Gasteiger partial charge on any atom is -0.480 e. The summed E-state index contributed by atoms with van der Waals surface area (Å²) in [6.07, 6.45) is -12.3. The average molecular weight is 1600 g/mol. The smallest absolute Gasteiger partial charge is 0.408 e. The number of aliphatic hydroxyl groups excluding tert-OH is 3. The first-order valence-corrected chi connectivity index (χ1v) is 39.0. The van der Waals surface area contributed by atoms with Gasteiger partial charge in [-0.3, -0.25) is 28.5 Å². The second-order valence-electron chi connectivity index (χ2n) is 27.5. The molecule has 36 heteroatoms. The lowest BCUT2D eigenvalue weighted by molar-refractivity contribution is -0.346. The highest BCUT2D eigenvalue weighted by molar-refractivity contribution is 7.91. The van der Waals surface area contributed by atoms with E-state index in [1.165, 1.54) is 59.6 Å². The Morgan fingerprint density at radius 2 is 1.32 bits per heavy atom. The predicted molar refractivity (Wildman–Crippen MR) is 384 cm³/mol. The number of carbonyl (C=O) groups is 9. The number of nitrogens with two attached hydrogens (primary N) is 1. The van der Waals surface area contributed by atoms with Crippen LogP contribution in [0.3, 0.4) is 0 Å². The van der Waals surface area contributed by atoms with E-state index in [0.29, 0.717) is 5.56 Å². The number of benzene rings is 3. The van der Waals surface area contributed by atoms with Gasteiger partial charge in [0.2, 0.25) is 11.8 Å². The molecule has 1 heterocycles. The van der Waals surface area contributed by atoms with Crippen molar-refractivity contribution in [2.75, 3.05) is 74.4 Å². The number of hydrogen-bond donors (Lipinski definition) is 10. The summed E-state index contributed by atoms with van der Waals surface area (Å²) in [6, 6.07) is 17.4. The van der Waals surface area contributed by atoms with Gasteiger partial charge in [-0.05, 0) is 75.4 Å². The fourth-order valence-corrected chi connectivity index (χ4v) is 18.8. The molecular formula is C69H93Cl4N6O24PS. The second-order valence-corrected chi connectivity index (χ2v) is 33.6. The molecule has 2 bridgehead atoms. The van der Waals surface area contributed by atoms with Crippen molar-refractivity contribution in [1.29, 1.82) is 0 Å². The molecule has 4 aliphatic rings. The number of ketones is 1. The number of halogens is 4. The highest BCUT2D eigenvalue weighted by atomic mass is 35.5. The fraction of sp³-hybridized carbons (Fsp3) is 0.580. The van der Waals surface area contributed by atoms with E-state index in [9.17, 15) is 81.7 Å². The number of carboxylic acids is 2. The van der Waals surface area contributed by atoms with E-state index in [0.717, 1.165) is 6.92 Å². The maximum Gasteiger partial charge on any atom is 0.408 e. The topological polar surface area (TPSA) is 450 Å². The lowest BCUT2D eigenvalue weighted by atomic mass is 9.44. The van der Waals surface area contributed by atoms with Crippen LogP contribution in [-0.2, 0) is 76.2 Å². The van der Waals surface area contributed by atoms with Crippen LogP contribution in [0, 0.1) is 16.7 Å². The van der Waals surface area contributed by atoms with Gasteiger partial charge in [-0.2, -0.15) is 0 Å². The van der Waals surface area contributed by atoms with Gasteiger partial charge in [0.15, 0.2) is 33.4 Å². The molecule has 1 aliphatic heterocycles. The number of carbonyl (C=O) groups excluding carboxylic acids is 7. The molecule has 3 amide bonds. The number of hydrogen-bond acceptors (Lipinski definition) is 23. The average Bonchev–Trinajstić information content (AvgIpc) is 0.670. The van der Waals surface area contributed by atoms with E-state index in [1.54, 1.807) is 89.2 Å². The minimum atomic E-state index is -4.29. The van der Waals surface area contributed by atoms with Crippen molar-refractivity contribution in [2.24, 2.45) is 22.5 Å². The molecule has 2 saturated carbocycles. The molecule has 3 aromatic rings. The van der Waals surface area contributed by atoms with Gasteiger partial charge in [-0.15, -0.1) is 46.4 Å². The lowest BCUT2D eigenvalue weighted by Gasteiger charge is -2.67. The molecule has 0 radical (unpaired) electrons. The van der Waals surface area contributed by atoms with Crippen LogP contribution in [0.25, 0.3) is 0 Å². The van der Waals surface area contributed by atoms with Gasteiger partial charge < -0.3 is 80.5 Å². The molecule has 3 fully saturated rings. The number of Topliss-reactive ketones (excluding diaryl/α,β-unsaturated/α-hetero) is 1. The van der Waals surface area contributed by atoms with Crippen LogP contribution in [0.5, 0.6) is 0 Å². The summed E-state index contributed by atoms with van der Waals surface area (Å²) >= 11 is 23.6. The van der Waals surface area contributed by atoms with Crippen molar-refractivity contribution >= 4 is 117 Å². The predicted octanol–water partition coefficient (Wildman–Crippen LogP) is 4.96. The summed E-state index contributed by atoms with van der Waals surface area (Å²) in [6.45, 7) is 11.5. The molecule has 1 saturated heterocycles. The maximum absolute atomic E-state index is 14.9. The van der Waals surface area contributed by atoms with Crippen LogP contribution >= 0.6 is 54.1 Å². The van der Waals surface area contributed by atoms with Crippen molar-refractivity contribution < 1.29 is 115 Å². The van der Waals surface area contributed by atoms with Gasteiger partial charge in [0.05, 0.1) is 53.8 Å². The summed E-state index contributed by atoms with van der Waals surface area (Å²) in [4.78, 5) is 118. The Hall–Kier alpha value is -6.39. The molecule has 3 aromatic carbocycles. The molecular weight excluding hydrogens is 1500 g/mol. The quantitative estimate of drug-likeness (QED) is 0.0127. The highest BCUT2D eigenvalue weighted by Crippen LogP contribution is 2.64. The third-order valence-electron chi connectivity index (χ3n) is 19.0. The molecule has 14 atom stereocenters. The van der Waals surface area contributed by atoms with Crippen molar-refractivity contribution in [3.8, 4) is 0 Å². The van der Waals surface area contributed by atoms with Crippen LogP contribution in [0.1, 0.15) is 115 Å². The van der Waals surface area contributed by atoms with Crippen molar-refractivity contribution in [3.05, 3.63) is 119 Å². The number of alkyl halides is 4. The second kappa shape index (κ2) is 37.1. The molecule has 11 N–H and O–H groups in total. The van der Waals surface area contributed by atoms with E-state index < -0.39 is 196 Å².